The van der Waals surface area contributed by atoms with Crippen LogP contribution in [-0.2, 0) is 5.75 Å². The van der Waals surface area contributed by atoms with Gasteiger partial charge in [-0.1, -0.05) is 23.9 Å². The molecule has 0 unspecified atom stereocenters. The van der Waals surface area contributed by atoms with Gasteiger partial charge in [-0.2, -0.15) is 0 Å². The maximum Gasteiger partial charge on any atom is 0.312 e. The fourth-order valence-electron chi connectivity index (χ4n) is 2.33. The Kier molecular flexibility index (Phi) is 6.05. The van der Waals surface area contributed by atoms with E-state index < -0.39 is 17.2 Å². The summed E-state index contributed by atoms with van der Waals surface area (Å²) in [4.78, 5) is 27.2. The molecule has 28 heavy (non-hydrogen) atoms. The first-order valence-corrected chi connectivity index (χ1v) is 9.20. The van der Waals surface area contributed by atoms with Crippen molar-refractivity contribution >= 4 is 28.7 Å². The first-order valence-electron chi connectivity index (χ1n) is 8.22. The number of thioether (sulfide) groups is 1. The highest BCUT2D eigenvalue weighted by molar-refractivity contribution is 7.98. The lowest BCUT2D eigenvalue weighted by molar-refractivity contribution is 0.281. The summed E-state index contributed by atoms with van der Waals surface area (Å²) in [5, 5.41) is 12.5. The van der Waals surface area contributed by atoms with Crippen molar-refractivity contribution in [1.29, 1.82) is 0 Å². The molecule has 0 amide bonds. The van der Waals surface area contributed by atoms with E-state index >= 15 is 0 Å². The van der Waals surface area contributed by atoms with Gasteiger partial charge in [-0.05, 0) is 13.0 Å². The van der Waals surface area contributed by atoms with Crippen molar-refractivity contribution in [1.82, 2.24) is 19.9 Å². The lowest BCUT2D eigenvalue weighted by Gasteiger charge is -2.14. The number of hydrogen-bond acceptors (Lipinski definition) is 8. The van der Waals surface area contributed by atoms with Crippen LogP contribution in [0.15, 0.2) is 28.2 Å². The zero-order valence-corrected chi connectivity index (χ0v) is 15.8. The molecule has 11 heteroatoms. The minimum absolute atomic E-state index is 0.0813. The molecule has 8 nitrogen and oxygen atoms in total. The summed E-state index contributed by atoms with van der Waals surface area (Å²) in [6.45, 7) is 1.56. The molecule has 1 atom stereocenters. The summed E-state index contributed by atoms with van der Waals surface area (Å²) >= 11 is 1.06. The first kappa shape index (κ1) is 20.0. The molecule has 0 aliphatic rings. The summed E-state index contributed by atoms with van der Waals surface area (Å²) < 4.78 is 32.1. The molecule has 0 aliphatic carbocycles. The number of methoxy groups -OCH3 is 1. The molecule has 2 aromatic heterocycles. The first-order chi connectivity index (χ1) is 13.4. The molecular weight excluding hydrogens is 392 g/mol. The quantitative estimate of drug-likeness (QED) is 0.402. The van der Waals surface area contributed by atoms with Gasteiger partial charge in [-0.25, -0.2) is 23.7 Å². The monoisotopic (exact) mass is 409 g/mol. The van der Waals surface area contributed by atoms with Crippen LogP contribution in [0.4, 0.5) is 14.6 Å². The molecule has 148 valence electrons. The second-order valence-corrected chi connectivity index (χ2v) is 6.80. The van der Waals surface area contributed by atoms with E-state index in [1.165, 1.54) is 19.2 Å². The van der Waals surface area contributed by atoms with Crippen LogP contribution >= 0.6 is 11.8 Å². The summed E-state index contributed by atoms with van der Waals surface area (Å²) in [5.41, 5.74) is -0.0102. The third-order valence-corrected chi connectivity index (χ3v) is 4.64. The summed E-state index contributed by atoms with van der Waals surface area (Å²) in [5.74, 6) is -1.67. The Labute approximate surface area is 162 Å². The summed E-state index contributed by atoms with van der Waals surface area (Å²) in [6, 6.07) is 3.57. The predicted molar refractivity (Wildman–Crippen MR) is 101 cm³/mol. The highest BCUT2D eigenvalue weighted by atomic mass is 32.2. The number of aromatic nitrogens is 4. The van der Waals surface area contributed by atoms with Crippen LogP contribution < -0.4 is 15.6 Å². The third kappa shape index (κ3) is 4.20. The van der Waals surface area contributed by atoms with Gasteiger partial charge in [0.05, 0.1) is 13.7 Å². The van der Waals surface area contributed by atoms with Crippen molar-refractivity contribution in [2.24, 2.45) is 0 Å². The Morgan fingerprint density at radius 2 is 2.11 bits per heavy atom. The standard InChI is InChI=1S/C17H17F2N5O3S/c1-8(6-25)20-13-12-14(22-15(26)16(21-12)27-2)24-17(23-13)28-7-9-4-3-5-10(18)11(9)19/h3-5,8,25H,6-7H2,1-2H3,(H2,20,22,23,24,26)/t8-/m1/s1. The van der Waals surface area contributed by atoms with Gasteiger partial charge in [0.1, 0.15) is 0 Å². The van der Waals surface area contributed by atoms with E-state index in [-0.39, 0.29) is 52.0 Å². The molecule has 3 rings (SSSR count). The number of benzene rings is 1. The maximum atomic E-state index is 13.9. The lowest BCUT2D eigenvalue weighted by atomic mass is 10.2. The number of H-pyrrole nitrogens is 1. The zero-order valence-electron chi connectivity index (χ0n) is 15.0. The minimum atomic E-state index is -0.933. The number of ether oxygens (including phenoxy) is 1. The fraction of sp³-hybridized carbons (Fsp3) is 0.294. The second kappa shape index (κ2) is 8.48. The lowest BCUT2D eigenvalue weighted by Crippen LogP contribution is -2.21. The molecule has 0 fully saturated rings. The number of nitrogens with zero attached hydrogens (tertiary/aromatic N) is 3. The Balaban J connectivity index is 2.00. The Bertz CT molecular complexity index is 1060. The number of nitrogens with one attached hydrogen (secondary N) is 2. The van der Waals surface area contributed by atoms with Crippen molar-refractivity contribution in [2.75, 3.05) is 19.0 Å². The molecule has 0 saturated heterocycles. The number of rotatable bonds is 7. The Morgan fingerprint density at radius 1 is 1.32 bits per heavy atom. The maximum absolute atomic E-state index is 13.9. The molecule has 0 saturated carbocycles. The van der Waals surface area contributed by atoms with Gasteiger partial charge in [-0.3, -0.25) is 4.79 Å². The van der Waals surface area contributed by atoms with E-state index in [0.717, 1.165) is 17.8 Å². The molecule has 3 aromatic rings. The van der Waals surface area contributed by atoms with Gasteiger partial charge in [0.2, 0.25) is 0 Å². The smallest absolute Gasteiger partial charge is 0.312 e. The SMILES string of the molecule is COc1nc2c(N[C@H](C)CO)nc(SCc3cccc(F)c3F)nc2[nH]c1=O. The van der Waals surface area contributed by atoms with E-state index in [4.69, 9.17) is 4.74 Å². The van der Waals surface area contributed by atoms with Gasteiger partial charge in [0.15, 0.2) is 33.8 Å². The van der Waals surface area contributed by atoms with Gasteiger partial charge in [-0.15, -0.1) is 0 Å². The molecule has 0 radical (unpaired) electrons. The minimum Gasteiger partial charge on any atom is -0.477 e. The zero-order chi connectivity index (χ0) is 20.3. The molecular formula is C17H17F2N5O3S. The van der Waals surface area contributed by atoms with Crippen LogP contribution in [0.3, 0.4) is 0 Å². The van der Waals surface area contributed by atoms with Crippen molar-refractivity contribution < 1.29 is 18.6 Å². The number of aliphatic hydroxyl groups is 1. The topological polar surface area (TPSA) is 113 Å². The van der Waals surface area contributed by atoms with Gasteiger partial charge in [0.25, 0.3) is 5.88 Å². The van der Waals surface area contributed by atoms with Crippen molar-refractivity contribution in [2.45, 2.75) is 23.9 Å². The van der Waals surface area contributed by atoms with Crippen LogP contribution in [0, 0.1) is 11.6 Å². The molecule has 3 N–H and O–H groups in total. The average molecular weight is 409 g/mol. The highest BCUT2D eigenvalue weighted by Crippen LogP contribution is 2.26. The van der Waals surface area contributed by atoms with Crippen molar-refractivity contribution in [3.63, 3.8) is 0 Å². The van der Waals surface area contributed by atoms with Crippen LogP contribution in [-0.4, -0.2) is 44.8 Å². The molecule has 0 spiro atoms. The van der Waals surface area contributed by atoms with E-state index in [1.807, 2.05) is 0 Å². The van der Waals surface area contributed by atoms with Gasteiger partial charge in [0, 0.05) is 17.4 Å². The molecule has 0 aliphatic heterocycles. The summed E-state index contributed by atoms with van der Waals surface area (Å²) in [7, 11) is 1.31. The number of anilines is 1. The van der Waals surface area contributed by atoms with Crippen LogP contribution in [0.1, 0.15) is 12.5 Å². The Hall–Kier alpha value is -2.79. The fourth-order valence-corrected chi connectivity index (χ4v) is 3.14. The summed E-state index contributed by atoms with van der Waals surface area (Å²) in [6.07, 6.45) is 0. The van der Waals surface area contributed by atoms with Crippen molar-refractivity contribution in [3.05, 3.63) is 45.8 Å². The number of halogens is 2. The molecule has 2 heterocycles. The second-order valence-electron chi connectivity index (χ2n) is 5.86. The van der Waals surface area contributed by atoms with Crippen LogP contribution in [0.2, 0.25) is 0 Å². The van der Waals surface area contributed by atoms with Crippen LogP contribution in [0.25, 0.3) is 11.2 Å². The average Bonchev–Trinajstić information content (AvgIpc) is 2.68. The predicted octanol–water partition coefficient (Wildman–Crippen LogP) is 2.08. The van der Waals surface area contributed by atoms with Gasteiger partial charge >= 0.3 is 5.56 Å². The molecule has 0 bridgehead atoms. The normalized spacial score (nSPS) is 12.2. The van der Waals surface area contributed by atoms with Gasteiger partial charge < -0.3 is 20.1 Å². The number of aliphatic hydroxyl groups excluding tert-OH is 1. The van der Waals surface area contributed by atoms with E-state index in [9.17, 15) is 18.7 Å². The third-order valence-electron chi connectivity index (χ3n) is 3.74. The van der Waals surface area contributed by atoms with E-state index in [2.05, 4.69) is 25.3 Å². The van der Waals surface area contributed by atoms with E-state index in [0.29, 0.717) is 0 Å². The largest absolute Gasteiger partial charge is 0.477 e. The highest BCUT2D eigenvalue weighted by Gasteiger charge is 2.16. The van der Waals surface area contributed by atoms with E-state index in [1.54, 1.807) is 6.92 Å². The number of fused-ring (bicyclic) bond motifs is 1. The van der Waals surface area contributed by atoms with Crippen LogP contribution in [0.5, 0.6) is 5.88 Å². The number of hydrogen-bond donors (Lipinski definition) is 3. The molecule has 1 aromatic carbocycles. The van der Waals surface area contributed by atoms with Crippen molar-refractivity contribution in [3.8, 4) is 5.88 Å². The Morgan fingerprint density at radius 3 is 2.82 bits per heavy atom. The number of aromatic amines is 1.